The molecule has 0 aliphatic carbocycles. The first-order valence-electron chi connectivity index (χ1n) is 8.69. The summed E-state index contributed by atoms with van der Waals surface area (Å²) in [7, 11) is 1.84. The van der Waals surface area contributed by atoms with Crippen LogP contribution in [0.25, 0.3) is 0 Å². The Morgan fingerprint density at radius 2 is 2.27 bits per heavy atom. The smallest absolute Gasteiger partial charge is 0.274 e. The number of aromatic nitrogens is 3. The number of ether oxygens (including phenoxy) is 1. The number of amides is 2. The maximum Gasteiger partial charge on any atom is 0.274 e. The topological polar surface area (TPSA) is 89.4 Å². The third kappa shape index (κ3) is 3.20. The number of hydrogen-bond donors (Lipinski definition) is 1. The van der Waals surface area contributed by atoms with E-state index in [-0.39, 0.29) is 29.8 Å². The summed E-state index contributed by atoms with van der Waals surface area (Å²) < 4.78 is 7.63. The van der Waals surface area contributed by atoms with Crippen molar-refractivity contribution in [2.75, 3.05) is 26.2 Å². The van der Waals surface area contributed by atoms with E-state index >= 15 is 0 Å². The Morgan fingerprint density at radius 1 is 1.38 bits per heavy atom. The molecule has 136 valence electrons. The molecule has 0 spiro atoms. The van der Waals surface area contributed by atoms with Crippen LogP contribution < -0.4 is 5.32 Å². The van der Waals surface area contributed by atoms with Gasteiger partial charge in [-0.3, -0.25) is 14.6 Å². The molecular formula is C18H21N5O3. The lowest BCUT2D eigenvalue weighted by molar-refractivity contribution is 0.0670. The highest BCUT2D eigenvalue weighted by Crippen LogP contribution is 2.33. The molecule has 4 heterocycles. The molecule has 2 aliphatic rings. The van der Waals surface area contributed by atoms with E-state index in [4.69, 9.17) is 4.74 Å². The molecule has 2 aromatic heterocycles. The molecule has 8 nitrogen and oxygen atoms in total. The van der Waals surface area contributed by atoms with Crippen LogP contribution in [0, 0.1) is 11.8 Å². The molecule has 3 atom stereocenters. The monoisotopic (exact) mass is 355 g/mol. The van der Waals surface area contributed by atoms with E-state index < -0.39 is 0 Å². The van der Waals surface area contributed by atoms with Gasteiger partial charge in [0.05, 0.1) is 24.6 Å². The number of nitrogens with zero attached hydrogens (tertiary/aromatic N) is 4. The fourth-order valence-corrected chi connectivity index (χ4v) is 3.68. The summed E-state index contributed by atoms with van der Waals surface area (Å²) in [4.78, 5) is 34.6. The van der Waals surface area contributed by atoms with Crippen LogP contribution in [0.1, 0.15) is 20.8 Å². The molecular weight excluding hydrogens is 334 g/mol. The Hall–Kier alpha value is -2.74. The maximum atomic E-state index is 12.6. The van der Waals surface area contributed by atoms with Crippen molar-refractivity contribution in [3.8, 4) is 0 Å². The molecule has 1 N–H and O–H groups in total. The number of carbonyl (C=O) groups excluding carboxylic acids is 2. The summed E-state index contributed by atoms with van der Waals surface area (Å²) in [6, 6.07) is 3.47. The highest BCUT2D eigenvalue weighted by Gasteiger charge is 2.45. The van der Waals surface area contributed by atoms with E-state index in [9.17, 15) is 9.59 Å². The van der Waals surface area contributed by atoms with Crippen LogP contribution in [0.2, 0.25) is 0 Å². The number of pyridine rings is 1. The van der Waals surface area contributed by atoms with E-state index in [1.807, 2.05) is 7.05 Å². The molecule has 0 saturated carbocycles. The minimum absolute atomic E-state index is 0.0305. The molecule has 2 aliphatic heterocycles. The maximum absolute atomic E-state index is 12.6. The third-order valence-corrected chi connectivity index (χ3v) is 5.10. The van der Waals surface area contributed by atoms with Gasteiger partial charge in [-0.05, 0) is 12.1 Å². The Labute approximate surface area is 151 Å². The highest BCUT2D eigenvalue weighted by molar-refractivity contribution is 5.94. The van der Waals surface area contributed by atoms with Gasteiger partial charge in [0.2, 0.25) is 0 Å². The molecule has 2 saturated heterocycles. The first-order valence-corrected chi connectivity index (χ1v) is 8.69. The Bertz CT molecular complexity index is 806. The number of hydrogen-bond acceptors (Lipinski definition) is 5. The summed E-state index contributed by atoms with van der Waals surface area (Å²) in [5.41, 5.74) is 0.996. The van der Waals surface area contributed by atoms with Gasteiger partial charge in [0.1, 0.15) is 5.69 Å². The second-order valence-corrected chi connectivity index (χ2v) is 6.88. The zero-order valence-electron chi connectivity index (χ0n) is 14.5. The van der Waals surface area contributed by atoms with Crippen molar-refractivity contribution < 1.29 is 14.3 Å². The minimum Gasteiger partial charge on any atom is -0.376 e. The lowest BCUT2D eigenvalue weighted by atomic mass is 9.93. The molecule has 0 aromatic carbocycles. The van der Waals surface area contributed by atoms with E-state index in [0.29, 0.717) is 37.5 Å². The van der Waals surface area contributed by atoms with Crippen LogP contribution in [0.3, 0.4) is 0 Å². The zero-order chi connectivity index (χ0) is 18.1. The van der Waals surface area contributed by atoms with Crippen molar-refractivity contribution >= 4 is 11.8 Å². The SMILES string of the molecule is Cn1cnc(C(=O)N2C[C@@H]3[C@@H](CNC(=O)c4cccnc4)CO[C@@H]3C2)c1. The van der Waals surface area contributed by atoms with Gasteiger partial charge >= 0.3 is 0 Å². The van der Waals surface area contributed by atoms with Gasteiger partial charge in [-0.1, -0.05) is 0 Å². The van der Waals surface area contributed by atoms with Crippen molar-refractivity contribution in [3.05, 3.63) is 48.3 Å². The van der Waals surface area contributed by atoms with Crippen LogP contribution in [0.4, 0.5) is 0 Å². The standard InChI is InChI=1S/C18H21N5O3/c1-22-8-15(21-11-22)18(25)23-7-14-13(10-26-16(14)9-23)6-20-17(24)12-3-2-4-19-5-12/h2-5,8,11,13-14,16H,6-7,9-10H2,1H3,(H,20,24)/t13-,14+,16+/m0/s1. The molecule has 4 rings (SSSR count). The van der Waals surface area contributed by atoms with Gasteiger partial charge in [0.15, 0.2) is 0 Å². The molecule has 2 amide bonds. The molecule has 0 unspecified atom stereocenters. The third-order valence-electron chi connectivity index (χ3n) is 5.10. The zero-order valence-corrected chi connectivity index (χ0v) is 14.5. The van der Waals surface area contributed by atoms with Crippen molar-refractivity contribution in [3.63, 3.8) is 0 Å². The average molecular weight is 355 g/mol. The quantitative estimate of drug-likeness (QED) is 0.854. The van der Waals surface area contributed by atoms with Gasteiger partial charge in [0, 0.05) is 57.1 Å². The Balaban J connectivity index is 1.35. The molecule has 0 bridgehead atoms. The number of likely N-dealkylation sites (tertiary alicyclic amines) is 1. The van der Waals surface area contributed by atoms with Gasteiger partial charge in [-0.25, -0.2) is 4.98 Å². The molecule has 26 heavy (non-hydrogen) atoms. The van der Waals surface area contributed by atoms with Crippen molar-refractivity contribution in [1.82, 2.24) is 24.8 Å². The van der Waals surface area contributed by atoms with Crippen LogP contribution in [-0.4, -0.2) is 63.6 Å². The lowest BCUT2D eigenvalue weighted by Gasteiger charge is -2.19. The van der Waals surface area contributed by atoms with E-state index in [1.165, 1.54) is 0 Å². The van der Waals surface area contributed by atoms with Gasteiger partial charge in [-0.2, -0.15) is 0 Å². The Kier molecular flexibility index (Phi) is 4.42. The van der Waals surface area contributed by atoms with Gasteiger partial charge in [-0.15, -0.1) is 0 Å². The van der Waals surface area contributed by atoms with Crippen molar-refractivity contribution in [2.45, 2.75) is 6.10 Å². The second kappa shape index (κ2) is 6.87. The fourth-order valence-electron chi connectivity index (χ4n) is 3.68. The van der Waals surface area contributed by atoms with E-state index in [1.54, 1.807) is 46.5 Å². The number of imidazole rings is 1. The predicted molar refractivity (Wildman–Crippen MR) is 92.4 cm³/mol. The highest BCUT2D eigenvalue weighted by atomic mass is 16.5. The summed E-state index contributed by atoms with van der Waals surface area (Å²) >= 11 is 0. The number of aryl methyl sites for hydroxylation is 1. The summed E-state index contributed by atoms with van der Waals surface area (Å²) in [6.45, 7) is 2.34. The fraction of sp³-hybridized carbons (Fsp3) is 0.444. The number of nitrogens with one attached hydrogen (secondary N) is 1. The lowest BCUT2D eigenvalue weighted by Crippen LogP contribution is -2.35. The molecule has 8 heteroatoms. The van der Waals surface area contributed by atoms with Crippen molar-refractivity contribution in [1.29, 1.82) is 0 Å². The second-order valence-electron chi connectivity index (χ2n) is 6.88. The van der Waals surface area contributed by atoms with Gasteiger partial charge < -0.3 is 19.5 Å². The van der Waals surface area contributed by atoms with Crippen LogP contribution in [-0.2, 0) is 11.8 Å². The predicted octanol–water partition coefficient (Wildman–Crippen LogP) is 0.332. The molecule has 2 aromatic rings. The van der Waals surface area contributed by atoms with Crippen LogP contribution in [0.15, 0.2) is 37.1 Å². The average Bonchev–Trinajstić information content (AvgIpc) is 3.36. The first-order chi connectivity index (χ1) is 12.6. The summed E-state index contributed by atoms with van der Waals surface area (Å²) in [6.07, 6.45) is 6.56. The Morgan fingerprint density at radius 3 is 3.00 bits per heavy atom. The number of carbonyl (C=O) groups is 2. The number of fused-ring (bicyclic) bond motifs is 1. The minimum atomic E-state index is -0.138. The number of rotatable bonds is 4. The normalized spacial score (nSPS) is 24.5. The van der Waals surface area contributed by atoms with E-state index in [0.717, 1.165) is 0 Å². The molecule has 2 fully saturated rings. The molecule has 0 radical (unpaired) electrons. The summed E-state index contributed by atoms with van der Waals surface area (Å²) in [5.74, 6) is 0.224. The van der Waals surface area contributed by atoms with Crippen LogP contribution in [0.5, 0.6) is 0 Å². The van der Waals surface area contributed by atoms with Crippen LogP contribution >= 0.6 is 0 Å². The first kappa shape index (κ1) is 16.7. The summed E-state index contributed by atoms with van der Waals surface area (Å²) in [5, 5.41) is 2.95. The van der Waals surface area contributed by atoms with Crippen molar-refractivity contribution in [2.24, 2.45) is 18.9 Å². The van der Waals surface area contributed by atoms with E-state index in [2.05, 4.69) is 15.3 Å². The largest absolute Gasteiger partial charge is 0.376 e. The van der Waals surface area contributed by atoms with Gasteiger partial charge in [0.25, 0.3) is 11.8 Å².